The molecule has 2 nitrogen and oxygen atoms in total. The van der Waals surface area contributed by atoms with Crippen molar-refractivity contribution in [2.45, 2.75) is 38.8 Å². The average molecular weight is 274 g/mol. The highest BCUT2D eigenvalue weighted by Gasteiger charge is 2.32. The van der Waals surface area contributed by atoms with Crippen molar-refractivity contribution in [2.24, 2.45) is 0 Å². The Morgan fingerprint density at radius 1 is 1.35 bits per heavy atom. The normalized spacial score (nSPS) is 19.8. The van der Waals surface area contributed by atoms with Crippen LogP contribution in [0.25, 0.3) is 0 Å². The summed E-state index contributed by atoms with van der Waals surface area (Å²) in [5.41, 5.74) is 0.985. The molecule has 1 fully saturated rings. The second-order valence-electron chi connectivity index (χ2n) is 5.23. The molecule has 0 bridgehead atoms. The summed E-state index contributed by atoms with van der Waals surface area (Å²) in [5, 5.41) is 10.8. The minimum absolute atomic E-state index is 0.152. The van der Waals surface area contributed by atoms with Crippen LogP contribution in [0, 0.1) is 0 Å². The molecule has 0 amide bonds. The standard InChI is InChI=1S/C13H17Cl2NO/c1-13(2)4-3-5-16(13)8-9-6-10(14)7-11(15)12(9)17/h6-7,17H,3-5,8H2,1-2H3. The third-order valence-electron chi connectivity index (χ3n) is 3.54. The molecule has 1 aromatic carbocycles. The maximum atomic E-state index is 9.94. The van der Waals surface area contributed by atoms with Crippen LogP contribution in [-0.4, -0.2) is 22.1 Å². The number of aromatic hydroxyl groups is 1. The average Bonchev–Trinajstić information content (AvgIpc) is 2.54. The molecule has 0 unspecified atom stereocenters. The maximum Gasteiger partial charge on any atom is 0.138 e. The molecule has 0 atom stereocenters. The highest BCUT2D eigenvalue weighted by Crippen LogP contribution is 2.35. The van der Waals surface area contributed by atoms with E-state index in [4.69, 9.17) is 23.2 Å². The smallest absolute Gasteiger partial charge is 0.138 e. The summed E-state index contributed by atoms with van der Waals surface area (Å²) < 4.78 is 0. The number of hydrogen-bond acceptors (Lipinski definition) is 2. The lowest BCUT2D eigenvalue weighted by Crippen LogP contribution is -2.37. The van der Waals surface area contributed by atoms with Crippen molar-refractivity contribution in [3.05, 3.63) is 27.7 Å². The third kappa shape index (κ3) is 2.70. The van der Waals surface area contributed by atoms with Gasteiger partial charge in [0.25, 0.3) is 0 Å². The zero-order chi connectivity index (χ0) is 12.6. The van der Waals surface area contributed by atoms with Crippen LogP contribution in [0.1, 0.15) is 32.3 Å². The minimum atomic E-state index is 0.152. The number of rotatable bonds is 2. The highest BCUT2D eigenvalue weighted by molar-refractivity contribution is 6.35. The molecule has 0 spiro atoms. The van der Waals surface area contributed by atoms with E-state index < -0.39 is 0 Å². The van der Waals surface area contributed by atoms with E-state index in [0.29, 0.717) is 16.6 Å². The summed E-state index contributed by atoms with van der Waals surface area (Å²) in [7, 11) is 0. The zero-order valence-electron chi connectivity index (χ0n) is 10.1. The number of phenolic OH excluding ortho intramolecular Hbond substituents is 1. The van der Waals surface area contributed by atoms with Gasteiger partial charge in [-0.2, -0.15) is 0 Å². The lowest BCUT2D eigenvalue weighted by atomic mass is 10.0. The van der Waals surface area contributed by atoms with Gasteiger partial charge >= 0.3 is 0 Å². The van der Waals surface area contributed by atoms with E-state index in [1.165, 1.54) is 12.8 Å². The lowest BCUT2D eigenvalue weighted by molar-refractivity contribution is 0.165. The van der Waals surface area contributed by atoms with Gasteiger partial charge in [0.2, 0.25) is 0 Å². The molecule has 94 valence electrons. The Bertz CT molecular complexity index is 432. The summed E-state index contributed by atoms with van der Waals surface area (Å²) >= 11 is 11.9. The highest BCUT2D eigenvalue weighted by atomic mass is 35.5. The number of halogens is 2. The number of likely N-dealkylation sites (tertiary alicyclic amines) is 1. The predicted molar refractivity (Wildman–Crippen MR) is 71.8 cm³/mol. The van der Waals surface area contributed by atoms with Gasteiger partial charge in [-0.1, -0.05) is 23.2 Å². The number of nitrogens with zero attached hydrogens (tertiary/aromatic N) is 1. The second kappa shape index (κ2) is 4.68. The molecule has 1 aliphatic heterocycles. The summed E-state index contributed by atoms with van der Waals surface area (Å²) in [6.07, 6.45) is 2.38. The monoisotopic (exact) mass is 273 g/mol. The van der Waals surface area contributed by atoms with Crippen molar-refractivity contribution >= 4 is 23.2 Å². The first-order valence-corrected chi connectivity index (χ1v) is 6.58. The topological polar surface area (TPSA) is 23.5 Å². The van der Waals surface area contributed by atoms with Gasteiger partial charge < -0.3 is 5.11 Å². The van der Waals surface area contributed by atoms with Crippen LogP contribution >= 0.6 is 23.2 Å². The van der Waals surface area contributed by atoms with Gasteiger partial charge in [0.1, 0.15) is 5.75 Å². The van der Waals surface area contributed by atoms with Gasteiger partial charge in [-0.05, 0) is 45.4 Å². The minimum Gasteiger partial charge on any atom is -0.506 e. The summed E-state index contributed by atoms with van der Waals surface area (Å²) in [6, 6.07) is 3.36. The Kier molecular flexibility index (Phi) is 3.58. The molecule has 0 aliphatic carbocycles. The quantitative estimate of drug-likeness (QED) is 0.878. The molecule has 1 aromatic rings. The van der Waals surface area contributed by atoms with Crippen molar-refractivity contribution in [3.8, 4) is 5.75 Å². The predicted octanol–water partition coefficient (Wildman–Crippen LogP) is 4.07. The van der Waals surface area contributed by atoms with Crippen molar-refractivity contribution in [2.75, 3.05) is 6.54 Å². The van der Waals surface area contributed by atoms with Crippen LogP contribution in [0.2, 0.25) is 10.0 Å². The fourth-order valence-corrected chi connectivity index (χ4v) is 2.94. The first kappa shape index (κ1) is 13.0. The maximum absolute atomic E-state index is 9.94. The first-order valence-electron chi connectivity index (χ1n) is 5.82. The number of benzene rings is 1. The molecule has 1 saturated heterocycles. The molecule has 4 heteroatoms. The van der Waals surface area contributed by atoms with E-state index in [9.17, 15) is 5.11 Å². The van der Waals surface area contributed by atoms with Crippen LogP contribution in [0.4, 0.5) is 0 Å². The Morgan fingerprint density at radius 2 is 2.06 bits per heavy atom. The van der Waals surface area contributed by atoms with Crippen LogP contribution in [0.3, 0.4) is 0 Å². The molecule has 0 aromatic heterocycles. The van der Waals surface area contributed by atoms with E-state index >= 15 is 0 Å². The number of phenols is 1. The molecule has 17 heavy (non-hydrogen) atoms. The van der Waals surface area contributed by atoms with Crippen LogP contribution in [0.5, 0.6) is 5.75 Å². The number of hydrogen-bond donors (Lipinski definition) is 1. The lowest BCUT2D eigenvalue weighted by Gasteiger charge is -2.31. The molecular formula is C13H17Cl2NO. The van der Waals surface area contributed by atoms with E-state index in [1.807, 2.05) is 0 Å². The van der Waals surface area contributed by atoms with Crippen molar-refractivity contribution in [1.82, 2.24) is 4.90 Å². The van der Waals surface area contributed by atoms with E-state index in [0.717, 1.165) is 12.1 Å². The first-order chi connectivity index (χ1) is 7.90. The second-order valence-corrected chi connectivity index (χ2v) is 6.08. The molecule has 0 radical (unpaired) electrons. The Labute approximate surface area is 112 Å². The van der Waals surface area contributed by atoms with Gasteiger partial charge in [-0.3, -0.25) is 4.90 Å². The molecule has 1 N–H and O–H groups in total. The fourth-order valence-electron chi connectivity index (χ4n) is 2.40. The Hall–Kier alpha value is -0.440. The van der Waals surface area contributed by atoms with Crippen LogP contribution < -0.4 is 0 Å². The van der Waals surface area contributed by atoms with Crippen molar-refractivity contribution in [3.63, 3.8) is 0 Å². The van der Waals surface area contributed by atoms with E-state index in [2.05, 4.69) is 18.7 Å². The van der Waals surface area contributed by atoms with Gasteiger partial charge in [0, 0.05) is 22.7 Å². The largest absolute Gasteiger partial charge is 0.506 e. The molecule has 1 aliphatic rings. The van der Waals surface area contributed by atoms with E-state index in [-0.39, 0.29) is 11.3 Å². The Morgan fingerprint density at radius 3 is 2.65 bits per heavy atom. The zero-order valence-corrected chi connectivity index (χ0v) is 11.6. The summed E-state index contributed by atoms with van der Waals surface area (Å²) in [5.74, 6) is 0.152. The van der Waals surface area contributed by atoms with Crippen LogP contribution in [0.15, 0.2) is 12.1 Å². The van der Waals surface area contributed by atoms with Gasteiger partial charge in [0.05, 0.1) is 5.02 Å². The molecule has 0 saturated carbocycles. The van der Waals surface area contributed by atoms with Crippen molar-refractivity contribution < 1.29 is 5.11 Å². The summed E-state index contributed by atoms with van der Waals surface area (Å²) in [6.45, 7) is 6.20. The SMILES string of the molecule is CC1(C)CCCN1Cc1cc(Cl)cc(Cl)c1O. The van der Waals surface area contributed by atoms with Gasteiger partial charge in [-0.15, -0.1) is 0 Å². The Balaban J connectivity index is 2.24. The fraction of sp³-hybridized carbons (Fsp3) is 0.538. The molecule has 2 rings (SSSR count). The molecular weight excluding hydrogens is 257 g/mol. The van der Waals surface area contributed by atoms with Crippen LogP contribution in [-0.2, 0) is 6.54 Å². The third-order valence-corrected chi connectivity index (χ3v) is 4.05. The van der Waals surface area contributed by atoms with Gasteiger partial charge in [-0.25, -0.2) is 0 Å². The van der Waals surface area contributed by atoms with Crippen molar-refractivity contribution in [1.29, 1.82) is 0 Å². The molecule has 1 heterocycles. The summed E-state index contributed by atoms with van der Waals surface area (Å²) in [4.78, 5) is 2.36. The van der Waals surface area contributed by atoms with E-state index in [1.54, 1.807) is 12.1 Å². The van der Waals surface area contributed by atoms with Gasteiger partial charge in [0.15, 0.2) is 0 Å².